The summed E-state index contributed by atoms with van der Waals surface area (Å²) in [6, 6.07) is 0. The summed E-state index contributed by atoms with van der Waals surface area (Å²) in [5.74, 6) is 0.910. The molecular weight excluding hydrogens is 212 g/mol. The zero-order chi connectivity index (χ0) is 12.3. The van der Waals surface area contributed by atoms with E-state index in [4.69, 9.17) is 9.97 Å². The number of rotatable bonds is 4. The second-order valence-electron chi connectivity index (χ2n) is 4.35. The number of hydrogen-bond donors (Lipinski definition) is 1. The number of fused-ring (bicyclic) bond motifs is 1. The third kappa shape index (κ3) is 2.41. The summed E-state index contributed by atoms with van der Waals surface area (Å²) < 4.78 is 0. The van der Waals surface area contributed by atoms with Crippen LogP contribution in [0.5, 0.6) is 0 Å². The first kappa shape index (κ1) is 12.3. The van der Waals surface area contributed by atoms with Gasteiger partial charge in [-0.05, 0) is 20.3 Å². The van der Waals surface area contributed by atoms with Gasteiger partial charge < -0.3 is 10.2 Å². The first-order valence-corrected chi connectivity index (χ1v) is 6.64. The van der Waals surface area contributed by atoms with Crippen molar-refractivity contribution < 1.29 is 0 Å². The molecule has 4 nitrogen and oxygen atoms in total. The molecule has 0 bridgehead atoms. The molecular formula is C13H22N4. The molecule has 2 rings (SSSR count). The molecule has 1 aliphatic heterocycles. The van der Waals surface area contributed by atoms with E-state index in [2.05, 4.69) is 31.0 Å². The molecule has 0 unspecified atom stereocenters. The van der Waals surface area contributed by atoms with E-state index in [-0.39, 0.29) is 0 Å². The molecule has 1 N–H and O–H groups in total. The van der Waals surface area contributed by atoms with Crippen molar-refractivity contribution in [2.75, 3.05) is 24.5 Å². The van der Waals surface area contributed by atoms with E-state index in [9.17, 15) is 0 Å². The predicted molar refractivity (Wildman–Crippen MR) is 70.4 cm³/mol. The fourth-order valence-electron chi connectivity index (χ4n) is 2.34. The fraction of sp³-hybridized carbons (Fsp3) is 0.692. The van der Waals surface area contributed by atoms with Crippen molar-refractivity contribution >= 4 is 5.95 Å². The van der Waals surface area contributed by atoms with Crippen LogP contribution in [-0.4, -0.2) is 29.6 Å². The Balaban J connectivity index is 2.42. The third-order valence-corrected chi connectivity index (χ3v) is 3.39. The van der Waals surface area contributed by atoms with Crippen molar-refractivity contribution in [1.82, 2.24) is 15.3 Å². The number of aryl methyl sites for hydroxylation is 1. The van der Waals surface area contributed by atoms with Gasteiger partial charge in [-0.3, -0.25) is 0 Å². The van der Waals surface area contributed by atoms with Crippen molar-refractivity contribution in [1.29, 1.82) is 0 Å². The fourth-order valence-corrected chi connectivity index (χ4v) is 2.34. The highest BCUT2D eigenvalue weighted by atomic mass is 15.2. The highest BCUT2D eigenvalue weighted by Crippen LogP contribution is 2.19. The standard InChI is InChI=1S/C13H22N4/c1-4-11-10-9-14-8-7-12(10)16-13(15-11)17(5-2)6-3/h14H,4-9H2,1-3H3. The van der Waals surface area contributed by atoms with E-state index in [0.717, 1.165) is 45.0 Å². The average molecular weight is 234 g/mol. The molecule has 0 aliphatic carbocycles. The third-order valence-electron chi connectivity index (χ3n) is 3.39. The van der Waals surface area contributed by atoms with Crippen LogP contribution in [-0.2, 0) is 19.4 Å². The van der Waals surface area contributed by atoms with Gasteiger partial charge in [0.05, 0.1) is 11.4 Å². The molecule has 2 heterocycles. The van der Waals surface area contributed by atoms with Crippen molar-refractivity contribution in [3.63, 3.8) is 0 Å². The summed E-state index contributed by atoms with van der Waals surface area (Å²) in [4.78, 5) is 11.7. The molecule has 0 amide bonds. The van der Waals surface area contributed by atoms with E-state index in [1.165, 1.54) is 17.0 Å². The van der Waals surface area contributed by atoms with Gasteiger partial charge in [0.25, 0.3) is 0 Å². The molecule has 0 aromatic carbocycles. The topological polar surface area (TPSA) is 41.1 Å². The Morgan fingerprint density at radius 1 is 1.18 bits per heavy atom. The minimum Gasteiger partial charge on any atom is -0.341 e. The molecule has 1 aliphatic rings. The molecule has 0 atom stereocenters. The number of nitrogens with one attached hydrogen (secondary N) is 1. The summed E-state index contributed by atoms with van der Waals surface area (Å²) in [6.07, 6.45) is 2.01. The SMILES string of the molecule is CCc1nc(N(CC)CC)nc2c1CNCC2. The monoisotopic (exact) mass is 234 g/mol. The van der Waals surface area contributed by atoms with E-state index >= 15 is 0 Å². The molecule has 0 saturated carbocycles. The first-order valence-electron chi connectivity index (χ1n) is 6.64. The normalized spacial score (nSPS) is 14.5. The zero-order valence-corrected chi connectivity index (χ0v) is 11.1. The minimum atomic E-state index is 0.910. The number of nitrogens with zero attached hydrogens (tertiary/aromatic N) is 3. The second kappa shape index (κ2) is 5.45. The van der Waals surface area contributed by atoms with Crippen LogP contribution in [0.4, 0.5) is 5.95 Å². The van der Waals surface area contributed by atoms with Crippen molar-refractivity contribution in [2.24, 2.45) is 0 Å². The van der Waals surface area contributed by atoms with Gasteiger partial charge in [-0.15, -0.1) is 0 Å². The van der Waals surface area contributed by atoms with Gasteiger partial charge in [0.2, 0.25) is 5.95 Å². The molecule has 0 fully saturated rings. The van der Waals surface area contributed by atoms with E-state index in [0.29, 0.717) is 0 Å². The van der Waals surface area contributed by atoms with Crippen LogP contribution >= 0.6 is 0 Å². The lowest BCUT2D eigenvalue weighted by Crippen LogP contribution is -2.30. The highest BCUT2D eigenvalue weighted by Gasteiger charge is 2.18. The van der Waals surface area contributed by atoms with Crippen molar-refractivity contribution in [3.05, 3.63) is 17.0 Å². The average Bonchev–Trinajstić information content (AvgIpc) is 2.39. The Morgan fingerprint density at radius 2 is 1.94 bits per heavy atom. The zero-order valence-electron chi connectivity index (χ0n) is 11.1. The van der Waals surface area contributed by atoms with Gasteiger partial charge in [-0.2, -0.15) is 0 Å². The van der Waals surface area contributed by atoms with Crippen LogP contribution in [0.3, 0.4) is 0 Å². The molecule has 17 heavy (non-hydrogen) atoms. The van der Waals surface area contributed by atoms with Gasteiger partial charge in [0.15, 0.2) is 0 Å². The summed E-state index contributed by atoms with van der Waals surface area (Å²) in [6.45, 7) is 10.4. The maximum atomic E-state index is 4.74. The van der Waals surface area contributed by atoms with Gasteiger partial charge in [-0.1, -0.05) is 6.92 Å². The smallest absolute Gasteiger partial charge is 0.225 e. The molecule has 94 valence electrons. The van der Waals surface area contributed by atoms with Crippen LogP contribution in [0.15, 0.2) is 0 Å². The Morgan fingerprint density at radius 3 is 2.59 bits per heavy atom. The molecule has 4 heteroatoms. The lowest BCUT2D eigenvalue weighted by molar-refractivity contribution is 0.614. The van der Waals surface area contributed by atoms with Gasteiger partial charge in [-0.25, -0.2) is 9.97 Å². The Labute approximate surface area is 103 Å². The summed E-state index contributed by atoms with van der Waals surface area (Å²) in [7, 11) is 0. The number of hydrogen-bond acceptors (Lipinski definition) is 4. The first-order chi connectivity index (χ1) is 8.30. The minimum absolute atomic E-state index is 0.910. The molecule has 0 spiro atoms. The van der Waals surface area contributed by atoms with Gasteiger partial charge in [0, 0.05) is 38.2 Å². The van der Waals surface area contributed by atoms with Crippen LogP contribution in [0.25, 0.3) is 0 Å². The summed E-state index contributed by atoms with van der Waals surface area (Å²) >= 11 is 0. The van der Waals surface area contributed by atoms with Crippen LogP contribution in [0, 0.1) is 0 Å². The lowest BCUT2D eigenvalue weighted by Gasteiger charge is -2.24. The van der Waals surface area contributed by atoms with Crippen LogP contribution in [0.2, 0.25) is 0 Å². The Kier molecular flexibility index (Phi) is 3.94. The quantitative estimate of drug-likeness (QED) is 0.858. The van der Waals surface area contributed by atoms with E-state index < -0.39 is 0 Å². The summed E-state index contributed by atoms with van der Waals surface area (Å²) in [5.41, 5.74) is 3.79. The predicted octanol–water partition coefficient (Wildman–Crippen LogP) is 1.53. The van der Waals surface area contributed by atoms with Crippen LogP contribution < -0.4 is 10.2 Å². The Hall–Kier alpha value is -1.16. The molecule has 0 saturated heterocycles. The highest BCUT2D eigenvalue weighted by molar-refractivity contribution is 5.38. The van der Waals surface area contributed by atoms with Crippen LogP contribution in [0.1, 0.15) is 37.7 Å². The summed E-state index contributed by atoms with van der Waals surface area (Å²) in [5, 5.41) is 3.40. The lowest BCUT2D eigenvalue weighted by atomic mass is 10.0. The second-order valence-corrected chi connectivity index (χ2v) is 4.35. The Bertz CT molecular complexity index is 368. The van der Waals surface area contributed by atoms with E-state index in [1.54, 1.807) is 0 Å². The largest absolute Gasteiger partial charge is 0.341 e. The number of anilines is 1. The molecule has 1 aromatic heterocycles. The maximum Gasteiger partial charge on any atom is 0.225 e. The van der Waals surface area contributed by atoms with Crippen molar-refractivity contribution in [2.45, 2.75) is 40.2 Å². The van der Waals surface area contributed by atoms with Crippen molar-refractivity contribution in [3.8, 4) is 0 Å². The molecule has 1 aromatic rings. The van der Waals surface area contributed by atoms with Gasteiger partial charge >= 0.3 is 0 Å². The molecule has 0 radical (unpaired) electrons. The maximum absolute atomic E-state index is 4.74. The number of aromatic nitrogens is 2. The van der Waals surface area contributed by atoms with Gasteiger partial charge in [0.1, 0.15) is 0 Å². The van der Waals surface area contributed by atoms with E-state index in [1.807, 2.05) is 0 Å².